The molecular weight excluding hydrogens is 414 g/mol. The zero-order chi connectivity index (χ0) is 22.2. The van der Waals surface area contributed by atoms with Crippen molar-refractivity contribution in [2.45, 2.75) is 21.1 Å². The van der Waals surface area contributed by atoms with Crippen molar-refractivity contribution in [3.05, 3.63) is 120 Å². The van der Waals surface area contributed by atoms with Crippen LogP contribution in [0.4, 0.5) is 0 Å². The molecule has 0 fully saturated rings. The Morgan fingerprint density at radius 2 is 1.25 bits per heavy atom. The molecule has 0 saturated carbocycles. The summed E-state index contributed by atoms with van der Waals surface area (Å²) < 4.78 is 5.18. The predicted molar refractivity (Wildman–Crippen MR) is 131 cm³/mol. The van der Waals surface area contributed by atoms with E-state index in [-0.39, 0.29) is 16.8 Å². The average Bonchev–Trinajstić information content (AvgIpc) is 2.86. The van der Waals surface area contributed by atoms with Crippen LogP contribution in [0.2, 0.25) is 0 Å². The molecule has 3 nitrogen and oxygen atoms in total. The number of benzene rings is 4. The second kappa shape index (κ2) is 10.7. The van der Waals surface area contributed by atoms with Gasteiger partial charge in [-0.3, -0.25) is 4.79 Å². The number of nitrogens with one attached hydrogen (secondary N) is 1. The Kier molecular flexibility index (Phi) is 7.26. The fourth-order valence-electron chi connectivity index (χ4n) is 3.48. The van der Waals surface area contributed by atoms with Crippen LogP contribution in [-0.2, 0) is 17.3 Å². The summed E-state index contributed by atoms with van der Waals surface area (Å²) >= 11 is 0. The normalized spacial score (nSPS) is 10.7. The van der Waals surface area contributed by atoms with E-state index in [2.05, 4.69) is 66.0 Å². The van der Waals surface area contributed by atoms with E-state index in [0.29, 0.717) is 12.1 Å². The molecule has 1 amide bonds. The highest BCUT2D eigenvalue weighted by Crippen LogP contribution is 2.31. The van der Waals surface area contributed by atoms with Crippen LogP contribution in [0.25, 0.3) is 0 Å². The maximum absolute atomic E-state index is 12.6. The fourth-order valence-corrected chi connectivity index (χ4v) is 5.56. The van der Waals surface area contributed by atoms with E-state index >= 15 is 0 Å². The molecule has 4 aromatic carbocycles. The van der Waals surface area contributed by atoms with E-state index in [1.807, 2.05) is 48.5 Å². The summed E-state index contributed by atoms with van der Waals surface area (Å²) in [4.78, 5) is 16.3. The fraction of sp³-hybridized carbons (Fsp3) is 0.107. The second-order valence-corrected chi connectivity index (χ2v) is 9.34. The van der Waals surface area contributed by atoms with E-state index in [4.69, 9.17) is 4.74 Å². The highest BCUT2D eigenvalue weighted by atomic mass is 32.2. The lowest BCUT2D eigenvalue weighted by atomic mass is 10.1. The summed E-state index contributed by atoms with van der Waals surface area (Å²) in [5, 5.41) is 3.02. The van der Waals surface area contributed by atoms with Gasteiger partial charge in [-0.15, -0.1) is 0 Å². The minimum Gasteiger partial charge on any atom is -0.497 e. The Morgan fingerprint density at radius 1 is 0.719 bits per heavy atom. The summed E-state index contributed by atoms with van der Waals surface area (Å²) in [6, 6.07) is 36.9. The first-order valence-corrected chi connectivity index (χ1v) is 11.8. The van der Waals surface area contributed by atoms with E-state index in [1.165, 1.54) is 14.7 Å². The first-order chi connectivity index (χ1) is 15.7. The van der Waals surface area contributed by atoms with Gasteiger partial charge in [0.25, 0.3) is 5.91 Å². The molecule has 0 aliphatic carbocycles. The van der Waals surface area contributed by atoms with Crippen LogP contribution in [-0.4, -0.2) is 19.6 Å². The molecule has 0 saturated heterocycles. The van der Waals surface area contributed by atoms with Crippen molar-refractivity contribution in [1.29, 1.82) is 0 Å². The highest BCUT2D eigenvalue weighted by Gasteiger charge is 2.28. The van der Waals surface area contributed by atoms with Crippen molar-refractivity contribution in [2.75, 3.05) is 13.7 Å². The maximum Gasteiger partial charge on any atom is 0.251 e. The first kappa shape index (κ1) is 21.7. The van der Waals surface area contributed by atoms with Gasteiger partial charge in [-0.05, 0) is 72.6 Å². The Bertz CT molecular complexity index is 1090. The Balaban J connectivity index is 1.44. The Hall–Kier alpha value is -3.50. The summed E-state index contributed by atoms with van der Waals surface area (Å²) in [5.41, 5.74) is 1.84. The van der Waals surface area contributed by atoms with Crippen LogP contribution in [0.3, 0.4) is 0 Å². The third-order valence-electron chi connectivity index (χ3n) is 5.17. The van der Waals surface area contributed by atoms with E-state index in [9.17, 15) is 4.79 Å². The zero-order valence-corrected chi connectivity index (χ0v) is 18.8. The highest BCUT2D eigenvalue weighted by molar-refractivity contribution is 7.97. The van der Waals surface area contributed by atoms with Gasteiger partial charge in [-0.1, -0.05) is 48.5 Å². The quantitative estimate of drug-likeness (QED) is 0.354. The SMILES string of the molecule is COc1ccc(CCNC(=O)c2ccc([S+](c3ccccc3)c3ccccc3)cc2)cc1. The van der Waals surface area contributed by atoms with Crippen molar-refractivity contribution in [3.63, 3.8) is 0 Å². The van der Waals surface area contributed by atoms with Gasteiger partial charge in [0.2, 0.25) is 0 Å². The molecule has 4 aromatic rings. The number of carbonyl (C=O) groups is 1. The monoisotopic (exact) mass is 440 g/mol. The molecule has 0 atom stereocenters. The topological polar surface area (TPSA) is 38.3 Å². The maximum atomic E-state index is 12.6. The van der Waals surface area contributed by atoms with Crippen molar-refractivity contribution >= 4 is 16.8 Å². The summed E-state index contributed by atoms with van der Waals surface area (Å²) in [6.07, 6.45) is 0.777. The number of amides is 1. The molecule has 0 bridgehead atoms. The molecule has 0 radical (unpaired) electrons. The predicted octanol–water partition coefficient (Wildman–Crippen LogP) is 5.76. The summed E-state index contributed by atoms with van der Waals surface area (Å²) in [7, 11) is 1.44. The smallest absolute Gasteiger partial charge is 0.251 e. The number of carbonyl (C=O) groups excluding carboxylic acids is 1. The van der Waals surface area contributed by atoms with Crippen molar-refractivity contribution in [1.82, 2.24) is 5.32 Å². The van der Waals surface area contributed by atoms with Gasteiger partial charge in [0, 0.05) is 12.1 Å². The van der Waals surface area contributed by atoms with E-state index in [0.717, 1.165) is 17.7 Å². The van der Waals surface area contributed by atoms with Gasteiger partial charge in [0.05, 0.1) is 18.0 Å². The van der Waals surface area contributed by atoms with Gasteiger partial charge < -0.3 is 10.1 Å². The first-order valence-electron chi connectivity index (χ1n) is 10.6. The van der Waals surface area contributed by atoms with Gasteiger partial charge >= 0.3 is 0 Å². The van der Waals surface area contributed by atoms with Crippen LogP contribution >= 0.6 is 0 Å². The molecule has 1 N–H and O–H groups in total. The molecule has 0 aliphatic heterocycles. The molecule has 4 heteroatoms. The second-order valence-electron chi connectivity index (χ2n) is 7.31. The van der Waals surface area contributed by atoms with Crippen LogP contribution in [0.5, 0.6) is 5.75 Å². The lowest BCUT2D eigenvalue weighted by molar-refractivity contribution is 0.0954. The van der Waals surface area contributed by atoms with E-state index in [1.54, 1.807) is 7.11 Å². The lowest BCUT2D eigenvalue weighted by Gasteiger charge is -2.09. The number of hydrogen-bond acceptors (Lipinski definition) is 2. The average molecular weight is 441 g/mol. The largest absolute Gasteiger partial charge is 0.497 e. The molecule has 0 aliphatic rings. The molecule has 32 heavy (non-hydrogen) atoms. The molecule has 0 aromatic heterocycles. The van der Waals surface area contributed by atoms with Gasteiger partial charge in [0.15, 0.2) is 14.7 Å². The third kappa shape index (κ3) is 5.40. The number of hydrogen-bond donors (Lipinski definition) is 1. The van der Waals surface area contributed by atoms with E-state index < -0.39 is 0 Å². The molecule has 0 spiro atoms. The Labute approximate surface area is 192 Å². The van der Waals surface area contributed by atoms with Gasteiger partial charge in [-0.2, -0.15) is 0 Å². The van der Waals surface area contributed by atoms with Gasteiger partial charge in [0.1, 0.15) is 5.75 Å². The molecular formula is C28H26NO2S+. The number of rotatable bonds is 8. The summed E-state index contributed by atoms with van der Waals surface area (Å²) in [5.74, 6) is 0.785. The van der Waals surface area contributed by atoms with Gasteiger partial charge in [-0.25, -0.2) is 0 Å². The lowest BCUT2D eigenvalue weighted by Crippen LogP contribution is -2.25. The van der Waals surface area contributed by atoms with Crippen LogP contribution in [0.15, 0.2) is 124 Å². The van der Waals surface area contributed by atoms with Crippen LogP contribution in [0.1, 0.15) is 15.9 Å². The minimum atomic E-state index is -0.211. The van der Waals surface area contributed by atoms with Crippen LogP contribution < -0.4 is 10.1 Å². The van der Waals surface area contributed by atoms with Crippen molar-refractivity contribution < 1.29 is 9.53 Å². The molecule has 4 rings (SSSR count). The summed E-state index contributed by atoms with van der Waals surface area (Å²) in [6.45, 7) is 0.589. The minimum absolute atomic E-state index is 0.0515. The van der Waals surface area contributed by atoms with Crippen molar-refractivity contribution in [3.8, 4) is 5.75 Å². The molecule has 0 unspecified atom stereocenters. The third-order valence-corrected chi connectivity index (χ3v) is 7.40. The zero-order valence-electron chi connectivity index (χ0n) is 18.0. The number of ether oxygens (including phenoxy) is 1. The molecule has 0 heterocycles. The van der Waals surface area contributed by atoms with Crippen LogP contribution in [0, 0.1) is 0 Å². The Morgan fingerprint density at radius 3 is 1.78 bits per heavy atom. The standard InChI is InChI=1S/C28H25NO2S/c1-31-24-16-12-22(13-17-24)20-21-29-28(30)23-14-18-27(19-15-23)32(25-8-4-2-5-9-25)26-10-6-3-7-11-26/h2-19H,20-21H2,1H3/p+1. The molecule has 160 valence electrons. The van der Waals surface area contributed by atoms with Crippen molar-refractivity contribution in [2.24, 2.45) is 0 Å². The number of methoxy groups -OCH3 is 1.